The first-order valence-corrected chi connectivity index (χ1v) is 5.89. The van der Waals surface area contributed by atoms with Crippen LogP contribution in [0.15, 0.2) is 18.3 Å². The van der Waals surface area contributed by atoms with E-state index in [4.69, 9.17) is 5.73 Å². The summed E-state index contributed by atoms with van der Waals surface area (Å²) >= 11 is 0. The molecule has 3 nitrogen and oxygen atoms in total. The van der Waals surface area contributed by atoms with E-state index in [0.29, 0.717) is 0 Å². The topological polar surface area (TPSA) is 54.7 Å². The summed E-state index contributed by atoms with van der Waals surface area (Å²) in [6.45, 7) is 4.50. The van der Waals surface area contributed by atoms with Crippen molar-refractivity contribution in [1.29, 1.82) is 0 Å². The van der Waals surface area contributed by atoms with Crippen LogP contribution in [-0.2, 0) is 6.42 Å². The number of rotatable bonds is 4. The molecular weight excluding hydrogens is 198 g/mol. The Hall–Kier alpha value is -1.51. The fraction of sp³-hybridized carbons (Fsp3) is 0.462. The van der Waals surface area contributed by atoms with E-state index in [1.165, 1.54) is 18.4 Å². The van der Waals surface area contributed by atoms with Crippen LogP contribution in [0.5, 0.6) is 0 Å². The molecule has 16 heavy (non-hydrogen) atoms. The standard InChI is InChI=1S/C13H19N3/c1-9(2)4-3-5-10-6-7-11-8-15-16-13(11)12(10)14/h6-9H,3-5,14H2,1-2H3,(H,15,16). The number of nitrogens with two attached hydrogens (primary N) is 1. The largest absolute Gasteiger partial charge is 0.397 e. The summed E-state index contributed by atoms with van der Waals surface area (Å²) in [4.78, 5) is 0. The van der Waals surface area contributed by atoms with Gasteiger partial charge in [-0.05, 0) is 24.3 Å². The number of nitrogens with one attached hydrogen (secondary N) is 1. The zero-order valence-electron chi connectivity index (χ0n) is 9.96. The van der Waals surface area contributed by atoms with Gasteiger partial charge in [0.25, 0.3) is 0 Å². The van der Waals surface area contributed by atoms with Crippen LogP contribution in [0.2, 0.25) is 0 Å². The average molecular weight is 217 g/mol. The molecule has 3 N–H and O–H groups in total. The predicted molar refractivity (Wildman–Crippen MR) is 68.3 cm³/mol. The highest BCUT2D eigenvalue weighted by molar-refractivity contribution is 5.90. The number of aromatic nitrogens is 2. The second-order valence-electron chi connectivity index (χ2n) is 4.76. The van der Waals surface area contributed by atoms with Crippen LogP contribution in [0.25, 0.3) is 10.9 Å². The molecule has 1 aromatic carbocycles. The number of benzene rings is 1. The summed E-state index contributed by atoms with van der Waals surface area (Å²) in [6, 6.07) is 4.20. The van der Waals surface area contributed by atoms with Gasteiger partial charge in [0.2, 0.25) is 0 Å². The summed E-state index contributed by atoms with van der Waals surface area (Å²) in [7, 11) is 0. The molecule has 0 saturated carbocycles. The average Bonchev–Trinajstić information content (AvgIpc) is 2.69. The van der Waals surface area contributed by atoms with Gasteiger partial charge in [0.05, 0.1) is 17.4 Å². The maximum atomic E-state index is 6.11. The molecule has 86 valence electrons. The molecule has 0 aliphatic rings. The Bertz CT molecular complexity index is 471. The molecule has 0 radical (unpaired) electrons. The van der Waals surface area contributed by atoms with Crippen LogP contribution in [0, 0.1) is 5.92 Å². The first-order chi connectivity index (χ1) is 7.68. The fourth-order valence-electron chi connectivity index (χ4n) is 2.00. The molecule has 3 heteroatoms. The van der Waals surface area contributed by atoms with Crippen molar-refractivity contribution in [3.05, 3.63) is 23.9 Å². The van der Waals surface area contributed by atoms with Crippen molar-refractivity contribution in [3.63, 3.8) is 0 Å². The Morgan fingerprint density at radius 1 is 1.38 bits per heavy atom. The first kappa shape index (κ1) is 11.0. The SMILES string of the molecule is CC(C)CCCc1ccc2cn[nH]c2c1N. The Morgan fingerprint density at radius 3 is 2.94 bits per heavy atom. The van der Waals surface area contributed by atoms with Crippen molar-refractivity contribution in [1.82, 2.24) is 10.2 Å². The van der Waals surface area contributed by atoms with Crippen molar-refractivity contribution in [3.8, 4) is 0 Å². The quantitative estimate of drug-likeness (QED) is 0.773. The number of hydrogen-bond donors (Lipinski definition) is 2. The number of H-pyrrole nitrogens is 1. The van der Waals surface area contributed by atoms with E-state index in [1.807, 2.05) is 6.20 Å². The molecule has 0 spiro atoms. The van der Waals surface area contributed by atoms with Gasteiger partial charge in [-0.25, -0.2) is 0 Å². The van der Waals surface area contributed by atoms with Gasteiger partial charge in [-0.1, -0.05) is 32.4 Å². The van der Waals surface area contributed by atoms with Crippen molar-refractivity contribution in [2.24, 2.45) is 5.92 Å². The number of fused-ring (bicyclic) bond motifs is 1. The fourth-order valence-corrected chi connectivity index (χ4v) is 2.00. The third-order valence-corrected chi connectivity index (χ3v) is 2.98. The number of aromatic amines is 1. The molecule has 2 rings (SSSR count). The Balaban J connectivity index is 2.15. The lowest BCUT2D eigenvalue weighted by Gasteiger charge is -2.07. The second-order valence-corrected chi connectivity index (χ2v) is 4.76. The maximum absolute atomic E-state index is 6.11. The Labute approximate surface area is 96.0 Å². The number of aryl methyl sites for hydroxylation is 1. The van der Waals surface area contributed by atoms with E-state index < -0.39 is 0 Å². The summed E-state index contributed by atoms with van der Waals surface area (Å²) < 4.78 is 0. The van der Waals surface area contributed by atoms with E-state index in [1.54, 1.807) is 0 Å². The summed E-state index contributed by atoms with van der Waals surface area (Å²) in [5.74, 6) is 0.761. The van der Waals surface area contributed by atoms with Gasteiger partial charge in [0, 0.05) is 5.39 Å². The molecule has 0 atom stereocenters. The third-order valence-electron chi connectivity index (χ3n) is 2.98. The normalized spacial score (nSPS) is 11.4. The van der Waals surface area contributed by atoms with Crippen molar-refractivity contribution < 1.29 is 0 Å². The molecule has 0 aliphatic carbocycles. The van der Waals surface area contributed by atoms with E-state index >= 15 is 0 Å². The van der Waals surface area contributed by atoms with Gasteiger partial charge in [-0.15, -0.1) is 0 Å². The van der Waals surface area contributed by atoms with Gasteiger partial charge in [0.15, 0.2) is 0 Å². The smallest absolute Gasteiger partial charge is 0.0882 e. The Morgan fingerprint density at radius 2 is 2.19 bits per heavy atom. The van der Waals surface area contributed by atoms with Crippen LogP contribution in [-0.4, -0.2) is 10.2 Å². The lowest BCUT2D eigenvalue weighted by molar-refractivity contribution is 0.556. The highest BCUT2D eigenvalue weighted by atomic mass is 15.1. The number of nitrogen functional groups attached to an aromatic ring is 1. The van der Waals surface area contributed by atoms with Crippen LogP contribution >= 0.6 is 0 Å². The minimum atomic E-state index is 0.761. The Kier molecular flexibility index (Phi) is 3.13. The number of nitrogens with zero attached hydrogens (tertiary/aromatic N) is 1. The summed E-state index contributed by atoms with van der Waals surface area (Å²) in [6.07, 6.45) is 5.31. The summed E-state index contributed by atoms with van der Waals surface area (Å²) in [5, 5.41) is 8.05. The predicted octanol–water partition coefficient (Wildman–Crippen LogP) is 3.12. The van der Waals surface area contributed by atoms with Gasteiger partial charge in [-0.2, -0.15) is 5.10 Å². The van der Waals surface area contributed by atoms with E-state index in [2.05, 4.69) is 36.2 Å². The maximum Gasteiger partial charge on any atom is 0.0882 e. The van der Waals surface area contributed by atoms with Crippen LogP contribution in [0.4, 0.5) is 5.69 Å². The van der Waals surface area contributed by atoms with Gasteiger partial charge in [0.1, 0.15) is 0 Å². The molecule has 0 fully saturated rings. The van der Waals surface area contributed by atoms with E-state index in [9.17, 15) is 0 Å². The molecule has 1 heterocycles. The molecule has 1 aromatic heterocycles. The van der Waals surface area contributed by atoms with Gasteiger partial charge in [-0.3, -0.25) is 5.10 Å². The molecule has 2 aromatic rings. The molecule has 0 amide bonds. The lowest BCUT2D eigenvalue weighted by atomic mass is 10.0. The highest BCUT2D eigenvalue weighted by Gasteiger charge is 2.06. The van der Waals surface area contributed by atoms with E-state index in [0.717, 1.165) is 28.9 Å². The van der Waals surface area contributed by atoms with Crippen molar-refractivity contribution in [2.75, 3.05) is 5.73 Å². The molecule has 0 saturated heterocycles. The zero-order valence-corrected chi connectivity index (χ0v) is 9.96. The first-order valence-electron chi connectivity index (χ1n) is 5.89. The lowest BCUT2D eigenvalue weighted by Crippen LogP contribution is -1.97. The van der Waals surface area contributed by atoms with Crippen LogP contribution in [0.1, 0.15) is 32.3 Å². The minimum absolute atomic E-state index is 0.761. The molecular formula is C13H19N3. The second kappa shape index (κ2) is 4.56. The summed E-state index contributed by atoms with van der Waals surface area (Å²) in [5.41, 5.74) is 9.18. The van der Waals surface area contributed by atoms with Gasteiger partial charge >= 0.3 is 0 Å². The number of anilines is 1. The monoisotopic (exact) mass is 217 g/mol. The van der Waals surface area contributed by atoms with Gasteiger partial charge < -0.3 is 5.73 Å². The highest BCUT2D eigenvalue weighted by Crippen LogP contribution is 2.24. The number of hydrogen-bond acceptors (Lipinski definition) is 2. The van der Waals surface area contributed by atoms with Crippen molar-refractivity contribution >= 4 is 16.6 Å². The molecule has 0 unspecified atom stereocenters. The third kappa shape index (κ3) is 2.18. The minimum Gasteiger partial charge on any atom is -0.397 e. The van der Waals surface area contributed by atoms with Crippen molar-refractivity contribution in [2.45, 2.75) is 33.1 Å². The molecule has 0 aliphatic heterocycles. The zero-order chi connectivity index (χ0) is 11.5. The van der Waals surface area contributed by atoms with Crippen LogP contribution in [0.3, 0.4) is 0 Å². The van der Waals surface area contributed by atoms with Crippen LogP contribution < -0.4 is 5.73 Å². The van der Waals surface area contributed by atoms with E-state index in [-0.39, 0.29) is 0 Å². The molecule has 0 bridgehead atoms.